The lowest BCUT2D eigenvalue weighted by atomic mass is 10.0. The minimum absolute atomic E-state index is 0.0451. The van der Waals surface area contributed by atoms with Gasteiger partial charge in [0.1, 0.15) is 23.4 Å². The summed E-state index contributed by atoms with van der Waals surface area (Å²) >= 11 is 5.77. The van der Waals surface area contributed by atoms with Gasteiger partial charge >= 0.3 is 6.55 Å². The number of benzene rings is 1. The summed E-state index contributed by atoms with van der Waals surface area (Å²) in [6.45, 7) is 1.85. The number of aromatic nitrogens is 6. The summed E-state index contributed by atoms with van der Waals surface area (Å²) in [6.07, 6.45) is 7.17. The van der Waals surface area contributed by atoms with Gasteiger partial charge in [-0.3, -0.25) is 0 Å². The van der Waals surface area contributed by atoms with Gasteiger partial charge in [0.2, 0.25) is 0 Å². The van der Waals surface area contributed by atoms with Gasteiger partial charge in [0.15, 0.2) is 5.65 Å². The zero-order chi connectivity index (χ0) is 24.2. The molecule has 3 aromatic heterocycles. The van der Waals surface area contributed by atoms with Gasteiger partial charge in [-0.05, 0) is 51.3 Å². The van der Waals surface area contributed by atoms with Crippen LogP contribution >= 0.6 is 11.6 Å². The molecule has 5 rings (SSSR count). The van der Waals surface area contributed by atoms with Crippen LogP contribution < -0.4 is 0 Å². The van der Waals surface area contributed by atoms with E-state index in [1.807, 2.05) is 13.8 Å². The molecule has 34 heavy (non-hydrogen) atoms. The van der Waals surface area contributed by atoms with Crippen molar-refractivity contribution in [2.24, 2.45) is 0 Å². The average molecular weight is 491 g/mol. The molecule has 1 aliphatic rings. The molecule has 0 bridgehead atoms. The van der Waals surface area contributed by atoms with Gasteiger partial charge in [-0.15, -0.1) is 0 Å². The lowest BCUT2D eigenvalue weighted by molar-refractivity contribution is 0.0143. The van der Waals surface area contributed by atoms with E-state index in [2.05, 4.69) is 25.0 Å². The summed E-state index contributed by atoms with van der Waals surface area (Å²) in [5.41, 5.74) is 4.00. The maximum Gasteiger partial charge on any atom is 0.333 e. The van der Waals surface area contributed by atoms with E-state index in [0.29, 0.717) is 38.7 Å². The van der Waals surface area contributed by atoms with E-state index in [-0.39, 0.29) is 6.10 Å². The fraction of sp³-hybridized carbons (Fsp3) is 0.348. The standard InChI is InChI=1S/C14H10ClFN4.C9H12F2N2O/c1-7-8(2)20-14-13(19-7)12(17-6-18-14)10-4-3-9(15)5-11(10)16;10-9(11)13-6-7(5-12-13)8-3-1-2-4-14-8/h3-6H,1-2H3;5-6,8-9H,1-4H2/t;8-/m.1/s1. The quantitative estimate of drug-likeness (QED) is 0.349. The maximum atomic E-state index is 14.1. The second-order valence-electron chi connectivity index (χ2n) is 7.80. The predicted molar refractivity (Wildman–Crippen MR) is 121 cm³/mol. The van der Waals surface area contributed by atoms with Gasteiger partial charge < -0.3 is 4.74 Å². The first-order valence-corrected chi connectivity index (χ1v) is 11.1. The van der Waals surface area contributed by atoms with Crippen molar-refractivity contribution >= 4 is 22.8 Å². The zero-order valence-electron chi connectivity index (χ0n) is 18.6. The van der Waals surface area contributed by atoms with Crippen molar-refractivity contribution in [3.8, 4) is 11.3 Å². The summed E-state index contributed by atoms with van der Waals surface area (Å²) in [5, 5.41) is 3.91. The second kappa shape index (κ2) is 10.4. The van der Waals surface area contributed by atoms with Crippen molar-refractivity contribution in [1.29, 1.82) is 0 Å². The minimum atomic E-state index is -2.56. The molecule has 1 aromatic carbocycles. The van der Waals surface area contributed by atoms with Crippen molar-refractivity contribution < 1.29 is 17.9 Å². The summed E-state index contributed by atoms with van der Waals surface area (Å²) in [4.78, 5) is 17.0. The van der Waals surface area contributed by atoms with E-state index in [0.717, 1.165) is 36.2 Å². The molecule has 0 aliphatic carbocycles. The average Bonchev–Trinajstić information content (AvgIpc) is 3.32. The van der Waals surface area contributed by atoms with Crippen molar-refractivity contribution in [3.05, 3.63) is 64.7 Å². The Kier molecular flexibility index (Phi) is 7.38. The van der Waals surface area contributed by atoms with Crippen molar-refractivity contribution in [2.75, 3.05) is 6.61 Å². The van der Waals surface area contributed by atoms with Crippen molar-refractivity contribution in [2.45, 2.75) is 45.8 Å². The van der Waals surface area contributed by atoms with E-state index < -0.39 is 12.4 Å². The Balaban J connectivity index is 0.000000172. The first-order valence-electron chi connectivity index (χ1n) is 10.7. The Bertz CT molecular complexity index is 1290. The number of ether oxygens (including phenoxy) is 1. The van der Waals surface area contributed by atoms with Crippen LogP contribution in [0, 0.1) is 19.7 Å². The first kappa shape index (κ1) is 24.0. The Morgan fingerprint density at radius 2 is 1.91 bits per heavy atom. The highest BCUT2D eigenvalue weighted by Crippen LogP contribution is 2.29. The highest BCUT2D eigenvalue weighted by atomic mass is 35.5. The molecule has 0 spiro atoms. The third-order valence-electron chi connectivity index (χ3n) is 5.44. The fourth-order valence-corrected chi connectivity index (χ4v) is 3.71. The van der Waals surface area contributed by atoms with Gasteiger partial charge in [-0.25, -0.2) is 29.0 Å². The topological polar surface area (TPSA) is 78.6 Å². The van der Waals surface area contributed by atoms with Crippen LogP contribution in [0.4, 0.5) is 13.2 Å². The normalized spacial score (nSPS) is 15.9. The molecule has 4 aromatic rings. The second-order valence-corrected chi connectivity index (χ2v) is 8.24. The van der Waals surface area contributed by atoms with Gasteiger partial charge in [0.25, 0.3) is 0 Å². The first-order chi connectivity index (χ1) is 16.3. The summed E-state index contributed by atoms with van der Waals surface area (Å²) in [6, 6.07) is 4.44. The Labute approximate surface area is 199 Å². The Morgan fingerprint density at radius 1 is 1.12 bits per heavy atom. The number of hydrogen-bond donors (Lipinski definition) is 0. The Hall–Kier alpha value is -3.11. The van der Waals surface area contributed by atoms with Crippen LogP contribution in [0.25, 0.3) is 22.4 Å². The van der Waals surface area contributed by atoms with Gasteiger partial charge in [-0.2, -0.15) is 13.9 Å². The summed E-state index contributed by atoms with van der Waals surface area (Å²) in [7, 11) is 0. The number of halogens is 4. The van der Waals surface area contributed by atoms with E-state index in [1.165, 1.54) is 24.8 Å². The molecule has 0 N–H and O–H groups in total. The Morgan fingerprint density at radius 3 is 2.59 bits per heavy atom. The molecule has 11 heteroatoms. The lowest BCUT2D eigenvalue weighted by Crippen LogP contribution is -2.10. The smallest absolute Gasteiger partial charge is 0.333 e. The molecule has 0 saturated carbocycles. The highest BCUT2D eigenvalue weighted by Gasteiger charge is 2.19. The van der Waals surface area contributed by atoms with Crippen LogP contribution in [0.15, 0.2) is 36.9 Å². The third kappa shape index (κ3) is 5.34. The van der Waals surface area contributed by atoms with Crippen LogP contribution in [0.1, 0.15) is 48.9 Å². The van der Waals surface area contributed by atoms with Crippen LogP contribution in [0.3, 0.4) is 0 Å². The molecule has 0 radical (unpaired) electrons. The van der Waals surface area contributed by atoms with Crippen molar-refractivity contribution in [3.63, 3.8) is 0 Å². The van der Waals surface area contributed by atoms with Crippen LogP contribution in [-0.2, 0) is 4.74 Å². The number of aryl methyl sites for hydroxylation is 2. The molecular weight excluding hydrogens is 469 g/mol. The lowest BCUT2D eigenvalue weighted by Gasteiger charge is -2.21. The maximum absolute atomic E-state index is 14.1. The molecule has 0 unspecified atom stereocenters. The van der Waals surface area contributed by atoms with E-state index >= 15 is 0 Å². The molecule has 1 aliphatic heterocycles. The number of hydrogen-bond acceptors (Lipinski definition) is 6. The number of alkyl halides is 2. The van der Waals surface area contributed by atoms with Crippen molar-refractivity contribution in [1.82, 2.24) is 29.7 Å². The SMILES string of the molecule is Cc1nc2ncnc(-c3ccc(Cl)cc3F)c2nc1C.FC(F)n1cc([C@H]2CCCCO2)cn1. The van der Waals surface area contributed by atoms with Crippen LogP contribution in [0.2, 0.25) is 5.02 Å². The van der Waals surface area contributed by atoms with E-state index in [1.54, 1.807) is 12.1 Å². The number of nitrogens with zero attached hydrogens (tertiary/aromatic N) is 6. The number of fused-ring (bicyclic) bond motifs is 1. The molecule has 4 heterocycles. The zero-order valence-corrected chi connectivity index (χ0v) is 19.3. The summed E-state index contributed by atoms with van der Waals surface area (Å²) < 4.78 is 44.6. The molecule has 0 amide bonds. The molecular formula is C23H22ClF3N6O. The fourth-order valence-electron chi connectivity index (χ4n) is 3.55. The number of rotatable bonds is 3. The minimum Gasteiger partial charge on any atom is -0.373 e. The van der Waals surface area contributed by atoms with E-state index in [4.69, 9.17) is 16.3 Å². The van der Waals surface area contributed by atoms with E-state index in [9.17, 15) is 13.2 Å². The highest BCUT2D eigenvalue weighted by molar-refractivity contribution is 6.30. The molecule has 1 saturated heterocycles. The third-order valence-corrected chi connectivity index (χ3v) is 5.67. The van der Waals surface area contributed by atoms with Gasteiger partial charge in [-0.1, -0.05) is 11.6 Å². The van der Waals surface area contributed by atoms with Gasteiger partial charge in [0, 0.05) is 29.0 Å². The molecule has 7 nitrogen and oxygen atoms in total. The largest absolute Gasteiger partial charge is 0.373 e. The van der Waals surface area contributed by atoms with Crippen LogP contribution in [0.5, 0.6) is 0 Å². The van der Waals surface area contributed by atoms with Crippen LogP contribution in [-0.4, -0.2) is 36.3 Å². The predicted octanol–water partition coefficient (Wildman–Crippen LogP) is 6.02. The monoisotopic (exact) mass is 490 g/mol. The van der Waals surface area contributed by atoms with Gasteiger partial charge in [0.05, 0.1) is 23.7 Å². The molecule has 178 valence electrons. The molecule has 1 fully saturated rings. The molecule has 1 atom stereocenters. The summed E-state index contributed by atoms with van der Waals surface area (Å²) in [5.74, 6) is -0.447.